The van der Waals surface area contributed by atoms with Gasteiger partial charge >= 0.3 is 0 Å². The lowest BCUT2D eigenvalue weighted by atomic mass is 10.3. The van der Waals surface area contributed by atoms with Gasteiger partial charge < -0.3 is 5.32 Å². The highest BCUT2D eigenvalue weighted by Gasteiger charge is 2.16. The van der Waals surface area contributed by atoms with Crippen LogP contribution in [0.5, 0.6) is 0 Å². The van der Waals surface area contributed by atoms with Crippen molar-refractivity contribution in [1.29, 1.82) is 0 Å². The van der Waals surface area contributed by atoms with Crippen molar-refractivity contribution >= 4 is 21.8 Å². The molecule has 96 valence electrons. The fourth-order valence-corrected chi connectivity index (χ4v) is 2.13. The van der Waals surface area contributed by atoms with Crippen LogP contribution in [0.15, 0.2) is 23.1 Å². The summed E-state index contributed by atoms with van der Waals surface area (Å²) in [6, 6.07) is 0. The molecule has 0 aliphatic rings. The normalized spacial score (nSPS) is 10.6. The molecule has 1 N–H and O–H groups in total. The molecule has 0 spiro atoms. The Kier molecular flexibility index (Phi) is 3.81. The maximum atomic E-state index is 12.1. The van der Waals surface area contributed by atoms with E-state index in [0.29, 0.717) is 23.3 Å². The van der Waals surface area contributed by atoms with Crippen LogP contribution in [0.2, 0.25) is 0 Å². The zero-order valence-corrected chi connectivity index (χ0v) is 11.8. The molecule has 0 aliphatic carbocycles. The molecular formula is C11H14BrN5O. The van der Waals surface area contributed by atoms with Crippen LogP contribution in [0.1, 0.15) is 23.0 Å². The van der Waals surface area contributed by atoms with Crippen LogP contribution >= 0.6 is 15.9 Å². The van der Waals surface area contributed by atoms with E-state index in [1.54, 1.807) is 21.8 Å². The second-order valence-corrected chi connectivity index (χ2v) is 4.72. The number of nitrogens with one attached hydrogen (secondary N) is 1. The van der Waals surface area contributed by atoms with E-state index >= 15 is 0 Å². The fraction of sp³-hybridized carbons (Fsp3) is 0.364. The highest BCUT2D eigenvalue weighted by molar-refractivity contribution is 9.10. The Hall–Kier alpha value is -1.63. The van der Waals surface area contributed by atoms with Crippen LogP contribution in [-0.2, 0) is 20.1 Å². The molecule has 1 amide bonds. The standard InChI is InChI=1S/C11H14BrN5O/c1-3-17-10(9(12)6-15-17)11(18)13-4-8-5-14-16(2)7-8/h5-7H,3-4H2,1-2H3,(H,13,18). The summed E-state index contributed by atoms with van der Waals surface area (Å²) >= 11 is 3.33. The second-order valence-electron chi connectivity index (χ2n) is 3.86. The number of aryl methyl sites for hydroxylation is 2. The number of hydrogen-bond acceptors (Lipinski definition) is 3. The van der Waals surface area contributed by atoms with Crippen LogP contribution in [0.25, 0.3) is 0 Å². The molecule has 0 aromatic carbocycles. The Labute approximate surface area is 113 Å². The van der Waals surface area contributed by atoms with Gasteiger partial charge in [0.25, 0.3) is 5.91 Å². The molecule has 0 aliphatic heterocycles. The number of halogens is 1. The van der Waals surface area contributed by atoms with E-state index in [4.69, 9.17) is 0 Å². The van der Waals surface area contributed by atoms with E-state index in [9.17, 15) is 4.79 Å². The van der Waals surface area contributed by atoms with Crippen LogP contribution in [0.3, 0.4) is 0 Å². The Bertz CT molecular complexity index is 560. The Morgan fingerprint density at radius 2 is 2.22 bits per heavy atom. The first-order chi connectivity index (χ1) is 8.61. The van der Waals surface area contributed by atoms with Crippen molar-refractivity contribution in [2.24, 2.45) is 7.05 Å². The summed E-state index contributed by atoms with van der Waals surface area (Å²) in [6.07, 6.45) is 5.22. The molecule has 2 heterocycles. The van der Waals surface area contributed by atoms with Gasteiger partial charge in [-0.15, -0.1) is 0 Å². The van der Waals surface area contributed by atoms with Gasteiger partial charge in [0.05, 0.1) is 16.9 Å². The smallest absolute Gasteiger partial charge is 0.271 e. The molecule has 0 fully saturated rings. The lowest BCUT2D eigenvalue weighted by Gasteiger charge is -2.06. The largest absolute Gasteiger partial charge is 0.346 e. The van der Waals surface area contributed by atoms with E-state index in [2.05, 4.69) is 31.4 Å². The van der Waals surface area contributed by atoms with Crippen molar-refractivity contribution in [1.82, 2.24) is 24.9 Å². The minimum atomic E-state index is -0.148. The third kappa shape index (κ3) is 2.61. The second kappa shape index (κ2) is 5.34. The molecule has 0 bridgehead atoms. The van der Waals surface area contributed by atoms with E-state index in [1.807, 2.05) is 20.2 Å². The maximum absolute atomic E-state index is 12.1. The highest BCUT2D eigenvalue weighted by atomic mass is 79.9. The first-order valence-corrected chi connectivity index (χ1v) is 6.38. The summed E-state index contributed by atoms with van der Waals surface area (Å²) in [6.45, 7) is 3.05. The summed E-state index contributed by atoms with van der Waals surface area (Å²) in [4.78, 5) is 12.1. The van der Waals surface area contributed by atoms with Crippen LogP contribution < -0.4 is 5.32 Å². The molecule has 18 heavy (non-hydrogen) atoms. The van der Waals surface area contributed by atoms with Crippen LogP contribution in [0, 0.1) is 0 Å². The minimum absolute atomic E-state index is 0.148. The Balaban J connectivity index is 2.05. The maximum Gasteiger partial charge on any atom is 0.271 e. The summed E-state index contributed by atoms with van der Waals surface area (Å²) in [7, 11) is 1.84. The van der Waals surface area contributed by atoms with Crippen molar-refractivity contribution < 1.29 is 4.79 Å². The lowest BCUT2D eigenvalue weighted by molar-refractivity contribution is 0.0939. The molecule has 0 saturated heterocycles. The first kappa shape index (κ1) is 12.8. The van der Waals surface area contributed by atoms with Gasteiger partial charge in [-0.1, -0.05) is 0 Å². The molecule has 2 rings (SSSR count). The van der Waals surface area contributed by atoms with Crippen molar-refractivity contribution in [3.8, 4) is 0 Å². The SMILES string of the molecule is CCn1ncc(Br)c1C(=O)NCc1cnn(C)c1. The van der Waals surface area contributed by atoms with E-state index in [1.165, 1.54) is 0 Å². The number of aromatic nitrogens is 4. The monoisotopic (exact) mass is 311 g/mol. The molecule has 7 heteroatoms. The number of nitrogens with zero attached hydrogens (tertiary/aromatic N) is 4. The van der Waals surface area contributed by atoms with Crippen molar-refractivity contribution in [2.45, 2.75) is 20.0 Å². The third-order valence-electron chi connectivity index (χ3n) is 2.52. The zero-order valence-electron chi connectivity index (χ0n) is 10.2. The minimum Gasteiger partial charge on any atom is -0.346 e. The summed E-state index contributed by atoms with van der Waals surface area (Å²) in [5.41, 5.74) is 1.51. The molecule has 0 radical (unpaired) electrons. The molecular weight excluding hydrogens is 298 g/mol. The quantitative estimate of drug-likeness (QED) is 0.926. The Morgan fingerprint density at radius 3 is 2.83 bits per heavy atom. The predicted octanol–water partition coefficient (Wildman–Crippen LogP) is 1.33. The van der Waals surface area contributed by atoms with Crippen LogP contribution in [-0.4, -0.2) is 25.5 Å². The summed E-state index contributed by atoms with van der Waals surface area (Å²) in [5.74, 6) is -0.148. The number of carbonyl (C=O) groups is 1. The summed E-state index contributed by atoms with van der Waals surface area (Å²) in [5, 5.41) is 11.0. The molecule has 2 aromatic heterocycles. The molecule has 0 atom stereocenters. The number of hydrogen-bond donors (Lipinski definition) is 1. The van der Waals surface area contributed by atoms with Gasteiger partial charge in [0, 0.05) is 31.9 Å². The van der Waals surface area contributed by atoms with E-state index in [-0.39, 0.29) is 5.91 Å². The van der Waals surface area contributed by atoms with E-state index < -0.39 is 0 Å². The van der Waals surface area contributed by atoms with Crippen LogP contribution in [0.4, 0.5) is 0 Å². The van der Waals surface area contributed by atoms with Gasteiger partial charge in [-0.2, -0.15) is 10.2 Å². The Morgan fingerprint density at radius 1 is 1.44 bits per heavy atom. The lowest BCUT2D eigenvalue weighted by Crippen LogP contribution is -2.26. The molecule has 6 nitrogen and oxygen atoms in total. The fourth-order valence-electron chi connectivity index (χ4n) is 1.66. The third-order valence-corrected chi connectivity index (χ3v) is 3.10. The predicted molar refractivity (Wildman–Crippen MR) is 70.0 cm³/mol. The first-order valence-electron chi connectivity index (χ1n) is 5.58. The van der Waals surface area contributed by atoms with E-state index in [0.717, 1.165) is 5.56 Å². The van der Waals surface area contributed by atoms with Crippen molar-refractivity contribution in [3.05, 3.63) is 34.3 Å². The average Bonchev–Trinajstić information content (AvgIpc) is 2.92. The number of rotatable bonds is 4. The highest BCUT2D eigenvalue weighted by Crippen LogP contribution is 2.15. The molecule has 2 aromatic rings. The van der Waals surface area contributed by atoms with Gasteiger partial charge in [0.15, 0.2) is 0 Å². The van der Waals surface area contributed by atoms with Gasteiger partial charge in [-0.25, -0.2) is 0 Å². The van der Waals surface area contributed by atoms with Crippen molar-refractivity contribution in [2.75, 3.05) is 0 Å². The van der Waals surface area contributed by atoms with Gasteiger partial charge in [0.2, 0.25) is 0 Å². The summed E-state index contributed by atoms with van der Waals surface area (Å²) < 4.78 is 4.06. The molecule has 0 saturated carbocycles. The average molecular weight is 312 g/mol. The zero-order chi connectivity index (χ0) is 13.1. The van der Waals surface area contributed by atoms with Gasteiger partial charge in [0.1, 0.15) is 5.69 Å². The van der Waals surface area contributed by atoms with Gasteiger partial charge in [-0.05, 0) is 22.9 Å². The number of carbonyl (C=O) groups excluding carboxylic acids is 1. The van der Waals surface area contributed by atoms with Crippen molar-refractivity contribution in [3.63, 3.8) is 0 Å². The van der Waals surface area contributed by atoms with Gasteiger partial charge in [-0.3, -0.25) is 14.2 Å². The topological polar surface area (TPSA) is 64.7 Å². The number of amides is 1. The molecule has 0 unspecified atom stereocenters.